The van der Waals surface area contributed by atoms with E-state index in [1.54, 1.807) is 31.4 Å². The van der Waals surface area contributed by atoms with Gasteiger partial charge in [-0.1, -0.05) is 23.9 Å². The van der Waals surface area contributed by atoms with Gasteiger partial charge in [0.2, 0.25) is 0 Å². The molecule has 7 nitrogen and oxygen atoms in total. The van der Waals surface area contributed by atoms with Gasteiger partial charge in [-0.3, -0.25) is 4.79 Å². The molecular weight excluding hydrogens is 340 g/mol. The van der Waals surface area contributed by atoms with Crippen LogP contribution in [0.2, 0.25) is 0 Å². The number of aliphatic imine (C=N–C) groups is 1. The summed E-state index contributed by atoms with van der Waals surface area (Å²) in [6, 6.07) is 9.96. The molecule has 0 amide bonds. The lowest BCUT2D eigenvalue weighted by Crippen LogP contribution is -2.18. The summed E-state index contributed by atoms with van der Waals surface area (Å²) in [6.07, 6.45) is 1.59. The van der Waals surface area contributed by atoms with Crippen molar-refractivity contribution in [2.75, 3.05) is 0 Å². The Hall–Kier alpha value is -3.00. The van der Waals surface area contributed by atoms with Crippen LogP contribution in [0.5, 0.6) is 5.75 Å². The van der Waals surface area contributed by atoms with E-state index in [0.717, 1.165) is 5.56 Å². The number of hydrogen-bond donors (Lipinski definition) is 2. The number of nitrogens with two attached hydrogens (primary N) is 1. The van der Waals surface area contributed by atoms with Crippen LogP contribution in [0.3, 0.4) is 0 Å². The fraction of sp³-hybridized carbons (Fsp3) is 0.118. The number of carbonyl (C=O) groups is 1. The van der Waals surface area contributed by atoms with Crippen molar-refractivity contribution in [3.8, 4) is 5.75 Å². The van der Waals surface area contributed by atoms with Gasteiger partial charge in [-0.15, -0.1) is 0 Å². The highest BCUT2D eigenvalue weighted by Crippen LogP contribution is 2.46. The fourth-order valence-electron chi connectivity index (χ4n) is 2.80. The van der Waals surface area contributed by atoms with E-state index in [-0.39, 0.29) is 16.6 Å². The SMILES string of the molecule is Cc1nn(C(=O)c2ccccc2O)c2c1[C@H](c1ccco1)SC(N)=N2. The van der Waals surface area contributed by atoms with Crippen molar-refractivity contribution in [3.63, 3.8) is 0 Å². The molecule has 4 rings (SSSR count). The summed E-state index contributed by atoms with van der Waals surface area (Å²) in [5, 5.41) is 14.4. The summed E-state index contributed by atoms with van der Waals surface area (Å²) < 4.78 is 6.70. The average Bonchev–Trinajstić information content (AvgIpc) is 3.23. The third-order valence-electron chi connectivity index (χ3n) is 3.93. The molecule has 1 aromatic carbocycles. The molecule has 3 aromatic rings. The third-order valence-corrected chi connectivity index (χ3v) is 4.96. The predicted octanol–water partition coefficient (Wildman–Crippen LogP) is 2.96. The summed E-state index contributed by atoms with van der Waals surface area (Å²) in [5.41, 5.74) is 7.54. The van der Waals surface area contributed by atoms with Gasteiger partial charge < -0.3 is 15.3 Å². The molecule has 0 spiro atoms. The van der Waals surface area contributed by atoms with E-state index in [1.165, 1.54) is 28.6 Å². The zero-order chi connectivity index (χ0) is 17.6. The number of benzene rings is 1. The van der Waals surface area contributed by atoms with Crippen LogP contribution in [0, 0.1) is 6.92 Å². The highest BCUT2D eigenvalue weighted by atomic mass is 32.2. The van der Waals surface area contributed by atoms with E-state index in [4.69, 9.17) is 10.2 Å². The van der Waals surface area contributed by atoms with E-state index in [9.17, 15) is 9.90 Å². The minimum atomic E-state index is -0.468. The van der Waals surface area contributed by atoms with Gasteiger partial charge in [0.1, 0.15) is 16.8 Å². The van der Waals surface area contributed by atoms with Crippen LogP contribution in [0.1, 0.15) is 32.6 Å². The Morgan fingerprint density at radius 3 is 2.84 bits per heavy atom. The number of aromatic hydroxyl groups is 1. The fourth-order valence-corrected chi connectivity index (χ4v) is 3.83. The second-order valence-electron chi connectivity index (χ2n) is 5.52. The number of fused-ring (bicyclic) bond motifs is 1. The number of aryl methyl sites for hydroxylation is 1. The van der Waals surface area contributed by atoms with Crippen LogP contribution in [-0.2, 0) is 0 Å². The number of furan rings is 1. The monoisotopic (exact) mass is 354 g/mol. The first kappa shape index (κ1) is 15.5. The van der Waals surface area contributed by atoms with Crippen LogP contribution >= 0.6 is 11.8 Å². The zero-order valence-corrected chi connectivity index (χ0v) is 14.0. The van der Waals surface area contributed by atoms with Crippen LogP contribution in [0.25, 0.3) is 0 Å². The zero-order valence-electron chi connectivity index (χ0n) is 13.2. The molecular formula is C17H14N4O3S. The number of hydrogen-bond acceptors (Lipinski definition) is 7. The molecule has 3 N–H and O–H groups in total. The maximum absolute atomic E-state index is 12.9. The van der Waals surface area contributed by atoms with Crippen molar-refractivity contribution in [2.24, 2.45) is 10.7 Å². The lowest BCUT2D eigenvalue weighted by Gasteiger charge is -2.19. The maximum atomic E-state index is 12.9. The lowest BCUT2D eigenvalue weighted by atomic mass is 10.1. The molecule has 126 valence electrons. The van der Waals surface area contributed by atoms with E-state index >= 15 is 0 Å². The number of phenolic OH excluding ortho intramolecular Hbond substituents is 1. The molecule has 8 heteroatoms. The second-order valence-corrected chi connectivity index (χ2v) is 6.65. The van der Waals surface area contributed by atoms with Gasteiger partial charge in [0.25, 0.3) is 5.91 Å². The van der Waals surface area contributed by atoms with Crippen molar-refractivity contribution in [3.05, 3.63) is 65.2 Å². The number of aromatic nitrogens is 2. The third kappa shape index (κ3) is 2.51. The molecule has 25 heavy (non-hydrogen) atoms. The summed E-state index contributed by atoms with van der Waals surface area (Å²) in [6.45, 7) is 1.81. The van der Waals surface area contributed by atoms with Gasteiger partial charge in [0, 0.05) is 5.56 Å². The lowest BCUT2D eigenvalue weighted by molar-refractivity contribution is 0.0944. The summed E-state index contributed by atoms with van der Waals surface area (Å²) in [4.78, 5) is 17.2. The van der Waals surface area contributed by atoms with E-state index in [1.807, 2.05) is 6.07 Å². The van der Waals surface area contributed by atoms with Gasteiger partial charge in [0.05, 0.1) is 17.5 Å². The van der Waals surface area contributed by atoms with E-state index in [0.29, 0.717) is 22.4 Å². The van der Waals surface area contributed by atoms with Gasteiger partial charge >= 0.3 is 0 Å². The van der Waals surface area contributed by atoms with Gasteiger partial charge in [0.15, 0.2) is 11.0 Å². The van der Waals surface area contributed by atoms with Gasteiger partial charge in [-0.05, 0) is 31.2 Å². The Morgan fingerprint density at radius 2 is 2.12 bits per heavy atom. The molecule has 1 atom stereocenters. The first-order valence-electron chi connectivity index (χ1n) is 7.52. The number of thioether (sulfide) groups is 1. The van der Waals surface area contributed by atoms with Crippen LogP contribution in [0.15, 0.2) is 52.1 Å². The molecule has 1 aliphatic rings. The topological polar surface area (TPSA) is 107 Å². The van der Waals surface area contributed by atoms with E-state index in [2.05, 4.69) is 10.1 Å². The Labute approximate surface area is 147 Å². The Bertz CT molecular complexity index is 991. The minimum absolute atomic E-state index is 0.112. The maximum Gasteiger partial charge on any atom is 0.283 e. The van der Waals surface area contributed by atoms with Gasteiger partial charge in [-0.25, -0.2) is 4.99 Å². The molecule has 3 heterocycles. The van der Waals surface area contributed by atoms with Crippen molar-refractivity contribution in [2.45, 2.75) is 12.2 Å². The van der Waals surface area contributed by atoms with Crippen molar-refractivity contribution in [1.82, 2.24) is 9.78 Å². The number of amidine groups is 1. The molecule has 0 fully saturated rings. The number of phenols is 1. The number of nitrogens with zero attached hydrogens (tertiary/aromatic N) is 3. The average molecular weight is 354 g/mol. The van der Waals surface area contributed by atoms with Crippen molar-refractivity contribution >= 4 is 28.7 Å². The molecule has 0 saturated heterocycles. The van der Waals surface area contributed by atoms with Crippen LogP contribution in [-0.4, -0.2) is 26.0 Å². The molecule has 0 saturated carbocycles. The summed E-state index contributed by atoms with van der Waals surface area (Å²) in [7, 11) is 0. The molecule has 1 aliphatic heterocycles. The quantitative estimate of drug-likeness (QED) is 0.733. The number of rotatable bonds is 2. The Balaban J connectivity index is 1.87. The highest BCUT2D eigenvalue weighted by Gasteiger charge is 2.33. The minimum Gasteiger partial charge on any atom is -0.507 e. The van der Waals surface area contributed by atoms with Crippen molar-refractivity contribution in [1.29, 1.82) is 0 Å². The molecule has 0 unspecified atom stereocenters. The summed E-state index contributed by atoms with van der Waals surface area (Å²) in [5.74, 6) is 0.494. The van der Waals surface area contributed by atoms with Crippen LogP contribution < -0.4 is 5.73 Å². The number of carbonyl (C=O) groups excluding carboxylic acids is 1. The van der Waals surface area contributed by atoms with Crippen molar-refractivity contribution < 1.29 is 14.3 Å². The first-order chi connectivity index (χ1) is 12.1. The normalized spacial score (nSPS) is 16.4. The van der Waals surface area contributed by atoms with Crippen LogP contribution in [0.4, 0.5) is 5.82 Å². The summed E-state index contributed by atoms with van der Waals surface area (Å²) >= 11 is 1.34. The van der Waals surface area contributed by atoms with Gasteiger partial charge in [-0.2, -0.15) is 9.78 Å². The Morgan fingerprint density at radius 1 is 1.32 bits per heavy atom. The smallest absolute Gasteiger partial charge is 0.283 e. The second kappa shape index (κ2) is 5.82. The first-order valence-corrected chi connectivity index (χ1v) is 8.40. The molecule has 0 bridgehead atoms. The highest BCUT2D eigenvalue weighted by molar-refractivity contribution is 8.14. The molecule has 0 radical (unpaired) electrons. The predicted molar refractivity (Wildman–Crippen MR) is 94.2 cm³/mol. The molecule has 2 aromatic heterocycles. The molecule has 0 aliphatic carbocycles. The number of para-hydroxylation sites is 1. The van der Waals surface area contributed by atoms with E-state index < -0.39 is 5.91 Å². The Kier molecular flexibility index (Phi) is 3.61. The standard InChI is InChI=1S/C17H14N4O3S/c1-9-13-14(12-7-4-8-24-12)25-17(18)19-15(13)21(20-9)16(23)10-5-2-3-6-11(10)22/h2-8,14,22H,1H3,(H2,18,19)/t14-/m0/s1. The largest absolute Gasteiger partial charge is 0.507 e.